The lowest BCUT2D eigenvalue weighted by molar-refractivity contribution is -0.123. The Kier molecular flexibility index (Phi) is 4.89. The van der Waals surface area contributed by atoms with E-state index in [4.69, 9.17) is 5.73 Å². The molecule has 15 heavy (non-hydrogen) atoms. The minimum absolute atomic E-state index is 0.0391. The van der Waals surface area contributed by atoms with Gasteiger partial charge < -0.3 is 21.1 Å². The topological polar surface area (TPSA) is 93.5 Å². The van der Waals surface area contributed by atoms with Crippen molar-refractivity contribution in [1.29, 1.82) is 0 Å². The standard InChI is InChI=1S/C9H17N3O3/c10-9(14)15-6-5-12-8(13)7-3-1-2-4-11-7/h7,11H,1-6H2,(H2,10,14)(H,12,13)/t7-/m1/s1. The molecule has 0 aliphatic carbocycles. The fraction of sp³-hybridized carbons (Fsp3) is 0.778. The SMILES string of the molecule is NC(=O)OCCNC(=O)[C@H]1CCCCN1. The summed E-state index contributed by atoms with van der Waals surface area (Å²) in [5, 5.41) is 5.80. The van der Waals surface area contributed by atoms with Crippen LogP contribution < -0.4 is 16.4 Å². The van der Waals surface area contributed by atoms with Gasteiger partial charge in [-0.2, -0.15) is 0 Å². The summed E-state index contributed by atoms with van der Waals surface area (Å²) >= 11 is 0. The van der Waals surface area contributed by atoms with Gasteiger partial charge in [0.2, 0.25) is 5.91 Å². The first kappa shape index (κ1) is 11.8. The van der Waals surface area contributed by atoms with E-state index in [0.29, 0.717) is 6.54 Å². The summed E-state index contributed by atoms with van der Waals surface area (Å²) in [5.41, 5.74) is 4.77. The molecule has 0 radical (unpaired) electrons. The molecule has 1 aliphatic rings. The van der Waals surface area contributed by atoms with Gasteiger partial charge in [0.15, 0.2) is 0 Å². The molecule has 1 rings (SSSR count). The average Bonchev–Trinajstić information content (AvgIpc) is 2.25. The number of nitrogens with two attached hydrogens (primary N) is 1. The number of amides is 2. The largest absolute Gasteiger partial charge is 0.448 e. The van der Waals surface area contributed by atoms with Crippen LogP contribution in [0.15, 0.2) is 0 Å². The molecule has 6 heteroatoms. The van der Waals surface area contributed by atoms with Crippen LogP contribution in [0.5, 0.6) is 0 Å². The summed E-state index contributed by atoms with van der Waals surface area (Å²) in [5.74, 6) is -0.0391. The molecule has 4 N–H and O–H groups in total. The molecule has 0 unspecified atom stereocenters. The highest BCUT2D eigenvalue weighted by Crippen LogP contribution is 2.06. The number of rotatable bonds is 4. The zero-order chi connectivity index (χ0) is 11.1. The van der Waals surface area contributed by atoms with E-state index in [1.165, 1.54) is 0 Å². The fourth-order valence-electron chi connectivity index (χ4n) is 1.52. The maximum absolute atomic E-state index is 11.5. The summed E-state index contributed by atoms with van der Waals surface area (Å²) in [7, 11) is 0. The monoisotopic (exact) mass is 215 g/mol. The summed E-state index contributed by atoms with van der Waals surface area (Å²) in [6.45, 7) is 1.31. The molecule has 0 bridgehead atoms. The molecule has 1 atom stereocenters. The smallest absolute Gasteiger partial charge is 0.404 e. The summed E-state index contributed by atoms with van der Waals surface area (Å²) in [4.78, 5) is 21.7. The summed E-state index contributed by atoms with van der Waals surface area (Å²) < 4.78 is 4.48. The Hall–Kier alpha value is -1.30. The van der Waals surface area contributed by atoms with E-state index < -0.39 is 6.09 Å². The molecule has 0 aromatic rings. The highest BCUT2D eigenvalue weighted by molar-refractivity contribution is 5.81. The number of hydrogen-bond donors (Lipinski definition) is 3. The zero-order valence-electron chi connectivity index (χ0n) is 8.62. The van der Waals surface area contributed by atoms with Crippen molar-refractivity contribution in [3.8, 4) is 0 Å². The zero-order valence-corrected chi connectivity index (χ0v) is 8.62. The lowest BCUT2D eigenvalue weighted by atomic mass is 10.0. The normalized spacial score (nSPS) is 20.7. The van der Waals surface area contributed by atoms with Crippen LogP contribution in [0.2, 0.25) is 0 Å². The molecule has 0 aromatic heterocycles. The van der Waals surface area contributed by atoms with Gasteiger partial charge in [0.05, 0.1) is 12.6 Å². The molecule has 6 nitrogen and oxygen atoms in total. The van der Waals surface area contributed by atoms with Gasteiger partial charge in [0.1, 0.15) is 6.61 Å². The molecule has 0 spiro atoms. The molecule has 0 saturated carbocycles. The lowest BCUT2D eigenvalue weighted by Gasteiger charge is -2.22. The number of piperidine rings is 1. The van der Waals surface area contributed by atoms with Gasteiger partial charge in [0.25, 0.3) is 0 Å². The van der Waals surface area contributed by atoms with Crippen LogP contribution in [-0.2, 0) is 9.53 Å². The molecule has 86 valence electrons. The van der Waals surface area contributed by atoms with E-state index in [9.17, 15) is 9.59 Å². The predicted molar refractivity (Wildman–Crippen MR) is 54.2 cm³/mol. The maximum Gasteiger partial charge on any atom is 0.404 e. The number of ether oxygens (including phenoxy) is 1. The highest BCUT2D eigenvalue weighted by atomic mass is 16.5. The molecule has 1 saturated heterocycles. The first-order valence-corrected chi connectivity index (χ1v) is 5.13. The van der Waals surface area contributed by atoms with E-state index in [-0.39, 0.29) is 18.6 Å². The van der Waals surface area contributed by atoms with Gasteiger partial charge in [-0.25, -0.2) is 4.79 Å². The van der Waals surface area contributed by atoms with Crippen molar-refractivity contribution in [3.63, 3.8) is 0 Å². The van der Waals surface area contributed by atoms with E-state index >= 15 is 0 Å². The second-order valence-corrected chi connectivity index (χ2v) is 3.46. The second-order valence-electron chi connectivity index (χ2n) is 3.46. The number of primary amides is 1. The first-order valence-electron chi connectivity index (χ1n) is 5.13. The van der Waals surface area contributed by atoms with Crippen LogP contribution in [0, 0.1) is 0 Å². The van der Waals surface area contributed by atoms with Gasteiger partial charge in [-0.05, 0) is 19.4 Å². The molecule has 2 amide bonds. The lowest BCUT2D eigenvalue weighted by Crippen LogP contribution is -2.47. The molecular formula is C9H17N3O3. The molecule has 1 aliphatic heterocycles. The van der Waals surface area contributed by atoms with Crippen molar-refractivity contribution >= 4 is 12.0 Å². The third kappa shape index (κ3) is 4.64. The molecule has 1 fully saturated rings. The molecular weight excluding hydrogens is 198 g/mol. The van der Waals surface area contributed by atoms with Crippen molar-refractivity contribution in [1.82, 2.24) is 10.6 Å². The minimum atomic E-state index is -0.819. The Morgan fingerprint density at radius 3 is 2.87 bits per heavy atom. The Bertz CT molecular complexity index is 227. The maximum atomic E-state index is 11.5. The van der Waals surface area contributed by atoms with Crippen LogP contribution in [0.4, 0.5) is 4.79 Å². The summed E-state index contributed by atoms with van der Waals surface area (Å²) in [6.07, 6.45) is 2.24. The number of nitrogens with one attached hydrogen (secondary N) is 2. The first-order chi connectivity index (χ1) is 7.20. The molecule has 1 heterocycles. The van der Waals surface area contributed by atoms with E-state index in [1.54, 1.807) is 0 Å². The highest BCUT2D eigenvalue weighted by Gasteiger charge is 2.19. The Morgan fingerprint density at radius 1 is 1.47 bits per heavy atom. The van der Waals surface area contributed by atoms with E-state index in [1.807, 2.05) is 0 Å². The van der Waals surface area contributed by atoms with Gasteiger partial charge in [0, 0.05) is 0 Å². The van der Waals surface area contributed by atoms with Crippen molar-refractivity contribution in [2.75, 3.05) is 19.7 Å². The summed E-state index contributed by atoms with van der Waals surface area (Å²) in [6, 6.07) is -0.104. The van der Waals surface area contributed by atoms with Crippen molar-refractivity contribution in [3.05, 3.63) is 0 Å². The van der Waals surface area contributed by atoms with Gasteiger partial charge in [-0.15, -0.1) is 0 Å². The van der Waals surface area contributed by atoms with Crippen LogP contribution in [0.3, 0.4) is 0 Å². The Balaban J connectivity index is 2.09. The van der Waals surface area contributed by atoms with Gasteiger partial charge >= 0.3 is 6.09 Å². The van der Waals surface area contributed by atoms with E-state index in [2.05, 4.69) is 15.4 Å². The average molecular weight is 215 g/mol. The number of carbonyl (C=O) groups is 2. The third-order valence-corrected chi connectivity index (χ3v) is 2.27. The fourth-order valence-corrected chi connectivity index (χ4v) is 1.52. The predicted octanol–water partition coefficient (Wildman–Crippen LogP) is -0.660. The van der Waals surface area contributed by atoms with Crippen LogP contribution in [0.1, 0.15) is 19.3 Å². The van der Waals surface area contributed by atoms with Gasteiger partial charge in [-0.3, -0.25) is 4.79 Å². The number of hydrogen-bond acceptors (Lipinski definition) is 4. The third-order valence-electron chi connectivity index (χ3n) is 2.27. The Labute approximate surface area is 88.5 Å². The van der Waals surface area contributed by atoms with E-state index in [0.717, 1.165) is 25.8 Å². The second kappa shape index (κ2) is 6.23. The van der Waals surface area contributed by atoms with Crippen LogP contribution in [-0.4, -0.2) is 37.7 Å². The Morgan fingerprint density at radius 2 is 2.27 bits per heavy atom. The van der Waals surface area contributed by atoms with Crippen molar-refractivity contribution in [2.45, 2.75) is 25.3 Å². The number of carbonyl (C=O) groups excluding carboxylic acids is 2. The van der Waals surface area contributed by atoms with Crippen LogP contribution in [0.25, 0.3) is 0 Å². The molecule has 0 aromatic carbocycles. The minimum Gasteiger partial charge on any atom is -0.448 e. The van der Waals surface area contributed by atoms with Crippen molar-refractivity contribution < 1.29 is 14.3 Å². The van der Waals surface area contributed by atoms with Crippen LogP contribution >= 0.6 is 0 Å². The van der Waals surface area contributed by atoms with Crippen molar-refractivity contribution in [2.24, 2.45) is 5.73 Å². The van der Waals surface area contributed by atoms with Gasteiger partial charge in [-0.1, -0.05) is 6.42 Å². The quantitative estimate of drug-likeness (QED) is 0.543.